The van der Waals surface area contributed by atoms with Crippen molar-refractivity contribution in [2.75, 3.05) is 6.54 Å². The van der Waals surface area contributed by atoms with Crippen LogP contribution in [-0.2, 0) is 6.54 Å². The van der Waals surface area contributed by atoms with Crippen molar-refractivity contribution in [1.82, 2.24) is 19.3 Å². The molecule has 2 atom stereocenters. The fourth-order valence-corrected chi connectivity index (χ4v) is 2.98. The Kier molecular flexibility index (Phi) is 3.48. The number of hydrogen-bond donors (Lipinski definition) is 1. The first-order valence-corrected chi connectivity index (χ1v) is 6.94. The maximum Gasteiger partial charge on any atom is 0.155 e. The van der Waals surface area contributed by atoms with Gasteiger partial charge in [-0.2, -0.15) is 0 Å². The number of hydrogen-bond acceptors (Lipinski definition) is 4. The van der Waals surface area contributed by atoms with E-state index in [1.807, 2.05) is 19.3 Å². The molecule has 3 heterocycles. The summed E-state index contributed by atoms with van der Waals surface area (Å²) in [6.07, 6.45) is 10.6. The van der Waals surface area contributed by atoms with Gasteiger partial charge < -0.3 is 5.11 Å². The Morgan fingerprint density at radius 3 is 3.16 bits per heavy atom. The van der Waals surface area contributed by atoms with Crippen LogP contribution < -0.4 is 0 Å². The maximum absolute atomic E-state index is 9.92. The number of likely N-dealkylation sites (tertiary alicyclic amines) is 1. The summed E-state index contributed by atoms with van der Waals surface area (Å²) in [5, 5.41) is 9.92. The van der Waals surface area contributed by atoms with E-state index in [2.05, 4.69) is 19.3 Å². The zero-order valence-electron chi connectivity index (χ0n) is 11.2. The van der Waals surface area contributed by atoms with Crippen molar-refractivity contribution in [3.8, 4) is 0 Å². The molecule has 0 saturated carbocycles. The van der Waals surface area contributed by atoms with Crippen molar-refractivity contribution < 1.29 is 5.11 Å². The normalized spacial score (nSPS) is 22.7. The summed E-state index contributed by atoms with van der Waals surface area (Å²) in [6.45, 7) is 3.77. The molecular formula is C14H20N4O. The Labute approximate surface area is 112 Å². The number of nitrogens with zero attached hydrogens (tertiary/aromatic N) is 4. The molecule has 0 aromatic carbocycles. The first kappa shape index (κ1) is 12.6. The van der Waals surface area contributed by atoms with Gasteiger partial charge >= 0.3 is 0 Å². The van der Waals surface area contributed by atoms with Gasteiger partial charge in [-0.05, 0) is 26.3 Å². The molecule has 1 saturated heterocycles. The minimum atomic E-state index is -0.277. The Hall–Kier alpha value is -1.46. The number of fused-ring (bicyclic) bond motifs is 1. The van der Waals surface area contributed by atoms with Gasteiger partial charge in [0.05, 0.1) is 24.2 Å². The second-order valence-corrected chi connectivity index (χ2v) is 5.33. The summed E-state index contributed by atoms with van der Waals surface area (Å²) < 4.78 is 2.07. The third kappa shape index (κ3) is 2.48. The monoisotopic (exact) mass is 260 g/mol. The summed E-state index contributed by atoms with van der Waals surface area (Å²) in [6, 6.07) is 0.265. The van der Waals surface area contributed by atoms with E-state index >= 15 is 0 Å². The summed E-state index contributed by atoms with van der Waals surface area (Å²) in [5.41, 5.74) is 2.04. The van der Waals surface area contributed by atoms with Crippen molar-refractivity contribution in [2.45, 2.75) is 44.9 Å². The minimum Gasteiger partial charge on any atom is -0.392 e. The highest BCUT2D eigenvalue weighted by Crippen LogP contribution is 2.22. The maximum atomic E-state index is 9.92. The van der Waals surface area contributed by atoms with Crippen LogP contribution in [0.15, 0.2) is 24.8 Å². The van der Waals surface area contributed by atoms with Gasteiger partial charge in [0.1, 0.15) is 0 Å². The molecule has 2 aromatic rings. The number of aromatic nitrogens is 3. The molecule has 5 heteroatoms. The third-order valence-corrected chi connectivity index (χ3v) is 3.98. The van der Waals surface area contributed by atoms with Crippen LogP contribution in [-0.4, -0.2) is 43.1 Å². The van der Waals surface area contributed by atoms with Crippen LogP contribution in [0.5, 0.6) is 0 Å². The zero-order valence-corrected chi connectivity index (χ0v) is 11.2. The fourth-order valence-electron chi connectivity index (χ4n) is 2.98. The molecule has 1 fully saturated rings. The van der Waals surface area contributed by atoms with Gasteiger partial charge in [-0.15, -0.1) is 0 Å². The summed E-state index contributed by atoms with van der Waals surface area (Å²) in [4.78, 5) is 10.8. The number of imidazole rings is 1. The first-order valence-electron chi connectivity index (χ1n) is 6.94. The van der Waals surface area contributed by atoms with E-state index in [1.165, 1.54) is 12.8 Å². The van der Waals surface area contributed by atoms with Crippen LogP contribution in [0.3, 0.4) is 0 Å². The van der Waals surface area contributed by atoms with Crippen molar-refractivity contribution >= 4 is 5.65 Å². The van der Waals surface area contributed by atoms with Gasteiger partial charge in [0.25, 0.3) is 0 Å². The fraction of sp³-hybridized carbons (Fsp3) is 0.571. The van der Waals surface area contributed by atoms with E-state index in [0.717, 1.165) is 30.9 Å². The number of aliphatic hydroxyl groups is 1. The standard InChI is InChI=1S/C14H20N4O/c1-11(19)13-4-2-3-6-17(13)10-12-8-16-14-9-15-5-7-18(12)14/h5,7-9,11,13,19H,2-4,6,10H2,1H3. The molecule has 19 heavy (non-hydrogen) atoms. The predicted octanol–water partition coefficient (Wildman–Crippen LogP) is 1.46. The molecule has 0 aliphatic carbocycles. The van der Waals surface area contributed by atoms with Crippen LogP contribution in [0.1, 0.15) is 31.9 Å². The molecule has 2 unspecified atom stereocenters. The molecule has 5 nitrogen and oxygen atoms in total. The second-order valence-electron chi connectivity index (χ2n) is 5.33. The lowest BCUT2D eigenvalue weighted by molar-refractivity contribution is 0.0308. The van der Waals surface area contributed by atoms with Crippen molar-refractivity contribution in [2.24, 2.45) is 0 Å². The number of rotatable bonds is 3. The Balaban J connectivity index is 1.83. The van der Waals surface area contributed by atoms with E-state index in [0.29, 0.717) is 0 Å². The van der Waals surface area contributed by atoms with E-state index in [-0.39, 0.29) is 12.1 Å². The highest BCUT2D eigenvalue weighted by Gasteiger charge is 2.26. The zero-order chi connectivity index (χ0) is 13.2. The molecule has 1 aliphatic rings. The molecule has 1 aliphatic heterocycles. The molecule has 0 bridgehead atoms. The van der Waals surface area contributed by atoms with Gasteiger partial charge in [0.15, 0.2) is 5.65 Å². The molecule has 102 valence electrons. The summed E-state index contributed by atoms with van der Waals surface area (Å²) >= 11 is 0. The molecule has 3 rings (SSSR count). The SMILES string of the molecule is CC(O)C1CCCCN1Cc1cnc2cnccn12. The predicted molar refractivity (Wildman–Crippen MR) is 72.7 cm³/mol. The van der Waals surface area contributed by atoms with Gasteiger partial charge in [0, 0.05) is 25.0 Å². The lowest BCUT2D eigenvalue weighted by atomic mass is 9.98. The Morgan fingerprint density at radius 2 is 2.32 bits per heavy atom. The topological polar surface area (TPSA) is 53.7 Å². The van der Waals surface area contributed by atoms with Gasteiger partial charge in [-0.25, -0.2) is 4.98 Å². The average molecular weight is 260 g/mol. The van der Waals surface area contributed by atoms with Crippen LogP contribution in [0.2, 0.25) is 0 Å². The highest BCUT2D eigenvalue weighted by atomic mass is 16.3. The molecule has 2 aromatic heterocycles. The van der Waals surface area contributed by atoms with E-state index in [4.69, 9.17) is 0 Å². The number of aliphatic hydroxyl groups excluding tert-OH is 1. The minimum absolute atomic E-state index is 0.265. The first-order chi connectivity index (χ1) is 9.25. The van der Waals surface area contributed by atoms with E-state index in [1.54, 1.807) is 12.4 Å². The van der Waals surface area contributed by atoms with E-state index in [9.17, 15) is 5.11 Å². The van der Waals surface area contributed by atoms with Crippen molar-refractivity contribution in [3.63, 3.8) is 0 Å². The van der Waals surface area contributed by atoms with Crippen LogP contribution in [0.25, 0.3) is 5.65 Å². The smallest absolute Gasteiger partial charge is 0.155 e. The summed E-state index contributed by atoms with van der Waals surface area (Å²) in [7, 11) is 0. The molecule has 1 N–H and O–H groups in total. The van der Waals surface area contributed by atoms with E-state index < -0.39 is 0 Å². The average Bonchev–Trinajstić information content (AvgIpc) is 2.83. The Morgan fingerprint density at radius 1 is 1.42 bits per heavy atom. The largest absolute Gasteiger partial charge is 0.392 e. The molecule has 0 amide bonds. The number of piperidine rings is 1. The quantitative estimate of drug-likeness (QED) is 0.908. The van der Waals surface area contributed by atoms with Crippen LogP contribution in [0, 0.1) is 0 Å². The van der Waals surface area contributed by atoms with Crippen LogP contribution in [0.4, 0.5) is 0 Å². The summed E-state index contributed by atoms with van der Waals surface area (Å²) in [5.74, 6) is 0. The van der Waals surface area contributed by atoms with Crippen molar-refractivity contribution in [3.05, 3.63) is 30.5 Å². The lowest BCUT2D eigenvalue weighted by Crippen LogP contribution is -2.45. The van der Waals surface area contributed by atoms with Crippen LogP contribution >= 0.6 is 0 Å². The van der Waals surface area contributed by atoms with Gasteiger partial charge in [-0.3, -0.25) is 14.3 Å². The second kappa shape index (κ2) is 5.27. The third-order valence-electron chi connectivity index (χ3n) is 3.98. The molecule has 0 spiro atoms. The molecular weight excluding hydrogens is 240 g/mol. The molecule has 0 radical (unpaired) electrons. The van der Waals surface area contributed by atoms with Gasteiger partial charge in [0.2, 0.25) is 0 Å². The van der Waals surface area contributed by atoms with Gasteiger partial charge in [-0.1, -0.05) is 6.42 Å². The highest BCUT2D eigenvalue weighted by molar-refractivity contribution is 5.36. The Bertz CT molecular complexity index is 551. The lowest BCUT2D eigenvalue weighted by Gasteiger charge is -2.37. The van der Waals surface area contributed by atoms with Crippen molar-refractivity contribution in [1.29, 1.82) is 0 Å².